The van der Waals surface area contributed by atoms with Gasteiger partial charge in [0.05, 0.1) is 31.9 Å². The number of imidazole rings is 2. The molecule has 45 heavy (non-hydrogen) atoms. The highest BCUT2D eigenvalue weighted by Crippen LogP contribution is 2.60. The van der Waals surface area contributed by atoms with Gasteiger partial charge >= 0.3 is 13.6 Å². The van der Waals surface area contributed by atoms with Crippen molar-refractivity contribution in [2.75, 3.05) is 24.7 Å². The highest BCUT2D eigenvalue weighted by molar-refractivity contribution is 8.44. The van der Waals surface area contributed by atoms with Gasteiger partial charge in [0.2, 0.25) is 5.95 Å². The number of hydrogen-bond donors (Lipinski definition) is 6. The molecule has 4 aromatic heterocycles. The molecule has 10 atom stereocenters. The average molecular weight is 708 g/mol. The van der Waals surface area contributed by atoms with Crippen molar-refractivity contribution in [1.29, 1.82) is 0 Å². The van der Waals surface area contributed by atoms with Gasteiger partial charge in [-0.15, -0.1) is 0 Å². The number of nitrogens with two attached hydrogens (primary N) is 3. The first-order valence-corrected chi connectivity index (χ1v) is 18.4. The summed E-state index contributed by atoms with van der Waals surface area (Å²) >= 11 is 8.13. The van der Waals surface area contributed by atoms with Crippen molar-refractivity contribution in [3.8, 4) is 0 Å². The molecule has 20 nitrogen and oxygen atoms in total. The third-order valence-corrected chi connectivity index (χ3v) is 10.6. The third kappa shape index (κ3) is 5.54. The summed E-state index contributed by atoms with van der Waals surface area (Å²) in [6, 6.07) is -1.08. The molecule has 3 aliphatic rings. The van der Waals surface area contributed by atoms with Gasteiger partial charge in [0.1, 0.15) is 36.3 Å². The monoisotopic (exact) mass is 707 g/mol. The molecule has 0 spiro atoms. The van der Waals surface area contributed by atoms with Gasteiger partial charge in [-0.25, -0.2) is 33.5 Å². The summed E-state index contributed by atoms with van der Waals surface area (Å²) in [4.78, 5) is 34.9. The molecule has 1 unspecified atom stereocenters. The van der Waals surface area contributed by atoms with Crippen LogP contribution in [-0.2, 0) is 36.7 Å². The minimum absolute atomic E-state index is 0.0820. The van der Waals surface area contributed by atoms with E-state index < -0.39 is 81.5 Å². The number of nitrogens with one attached hydrogen (secondary N) is 1. The van der Waals surface area contributed by atoms with Gasteiger partial charge in [0.25, 0.3) is 5.56 Å². The Labute approximate surface area is 260 Å². The first-order chi connectivity index (χ1) is 21.3. The Morgan fingerprint density at radius 1 is 0.889 bits per heavy atom. The Bertz CT molecular complexity index is 1950. The number of nitrogens with zero attached hydrogens (tertiary/aromatic N) is 7. The van der Waals surface area contributed by atoms with E-state index in [1.807, 2.05) is 0 Å². The third-order valence-electron chi connectivity index (χ3n) is 7.37. The van der Waals surface area contributed by atoms with E-state index >= 15 is 4.39 Å². The van der Waals surface area contributed by atoms with Crippen molar-refractivity contribution in [2.45, 2.75) is 49.1 Å². The molecular weight excluding hydrogens is 683 g/mol. The molecule has 4 bridgehead atoms. The van der Waals surface area contributed by atoms with Crippen LogP contribution in [0.5, 0.6) is 0 Å². The van der Waals surface area contributed by atoms with Crippen LogP contribution in [0.2, 0.25) is 0 Å². The molecule has 3 aliphatic heterocycles. The zero-order valence-electron chi connectivity index (χ0n) is 22.5. The number of rotatable bonds is 2. The molecule has 0 radical (unpaired) electrons. The van der Waals surface area contributed by atoms with Gasteiger partial charge < -0.3 is 26.7 Å². The van der Waals surface area contributed by atoms with E-state index in [0.717, 1.165) is 10.9 Å². The zero-order valence-corrected chi connectivity index (χ0v) is 26.0. The fourth-order valence-electron chi connectivity index (χ4n) is 5.30. The van der Waals surface area contributed by atoms with Crippen LogP contribution in [0.3, 0.4) is 0 Å². The molecule has 7 rings (SSSR count). The number of halogens is 1. The van der Waals surface area contributed by atoms with Gasteiger partial charge in [-0.05, 0) is 0 Å². The smallest absolute Gasteiger partial charge is 0.382 e. The Kier molecular flexibility index (Phi) is 7.72. The lowest BCUT2D eigenvalue weighted by atomic mass is 10.1. The molecule has 4 aromatic rings. The van der Waals surface area contributed by atoms with Gasteiger partial charge in [0.15, 0.2) is 41.3 Å². The fraction of sp³-hybridized carbons (Fsp3) is 0.500. The summed E-state index contributed by atoms with van der Waals surface area (Å²) in [5.74, 6) is -0.155. The van der Waals surface area contributed by atoms with Crippen molar-refractivity contribution in [3.63, 3.8) is 0 Å². The molecule has 25 heteroatoms. The topological polar surface area (TPSA) is 275 Å². The molecular formula is C20H24FN11O9P2S2. The molecule has 0 aliphatic carbocycles. The van der Waals surface area contributed by atoms with Crippen LogP contribution in [0.1, 0.15) is 12.5 Å². The van der Waals surface area contributed by atoms with Gasteiger partial charge in [-0.3, -0.25) is 37.0 Å². The predicted molar refractivity (Wildman–Crippen MR) is 158 cm³/mol. The van der Waals surface area contributed by atoms with Gasteiger partial charge in [0, 0.05) is 0 Å². The summed E-state index contributed by atoms with van der Waals surface area (Å²) in [5, 5.41) is 0. The minimum atomic E-state index is -4.39. The van der Waals surface area contributed by atoms with Crippen LogP contribution in [-0.4, -0.2) is 88.9 Å². The highest BCUT2D eigenvalue weighted by Gasteiger charge is 2.53. The predicted octanol–water partition coefficient (Wildman–Crippen LogP) is 0.477. The zero-order chi connectivity index (χ0) is 31.8. The first-order valence-electron chi connectivity index (χ1n) is 13.0. The van der Waals surface area contributed by atoms with Gasteiger partial charge in [-0.2, -0.15) is 4.98 Å². The van der Waals surface area contributed by atoms with Crippen molar-refractivity contribution in [3.05, 3.63) is 29.3 Å². The number of thiol groups is 2. The number of aromatic nitrogens is 8. The van der Waals surface area contributed by atoms with E-state index in [1.54, 1.807) is 0 Å². The standard InChI is InChI=1S/C20H24FN11O9P2S2/c21-8-6-1-36-43(35,45)41-13-9(22)7(39-19(13)31-4-27-10-14(23)25-3-26-15(10)31)2-37-42(34,44)40-12(8)18(38-6)32-5-28-11-16(32)29-20(24)30-17(11)33/h3-9,12-13,18-19H,1-2,22H2,(H,34,44)(H,35,45)(H2,23,25,26)(H3,24,29,30,33)/t6-,7-,8-,9-,12-,13-,18-,19-,42-,43?/m1/s1. The van der Waals surface area contributed by atoms with E-state index in [1.165, 1.54) is 17.2 Å². The maximum atomic E-state index is 15.9. The fourth-order valence-corrected chi connectivity index (χ4v) is 8.23. The molecule has 7 heterocycles. The molecule has 3 saturated heterocycles. The lowest BCUT2D eigenvalue weighted by Gasteiger charge is -2.26. The van der Waals surface area contributed by atoms with E-state index in [-0.39, 0.29) is 34.1 Å². The van der Waals surface area contributed by atoms with E-state index in [9.17, 15) is 13.9 Å². The minimum Gasteiger partial charge on any atom is -0.382 e. The van der Waals surface area contributed by atoms with Crippen LogP contribution in [0.15, 0.2) is 23.8 Å². The van der Waals surface area contributed by atoms with Crippen LogP contribution >= 0.6 is 38.1 Å². The normalized spacial score (nSPS) is 37.7. The Hall–Kier alpha value is -2.69. The second-order valence-electron chi connectivity index (χ2n) is 10.2. The number of hydrogen-bond acceptors (Lipinski definition) is 17. The number of nitrogen functional groups attached to an aromatic ring is 2. The average Bonchev–Trinajstić information content (AvgIpc) is 3.72. The van der Waals surface area contributed by atoms with Gasteiger partial charge in [-0.1, -0.05) is 24.5 Å². The summed E-state index contributed by atoms with van der Waals surface area (Å²) < 4.78 is 79.7. The van der Waals surface area contributed by atoms with Crippen molar-refractivity contribution in [1.82, 2.24) is 39.0 Å². The van der Waals surface area contributed by atoms with Crippen LogP contribution in [0, 0.1) is 0 Å². The van der Waals surface area contributed by atoms with Crippen LogP contribution in [0.4, 0.5) is 16.2 Å². The summed E-state index contributed by atoms with van der Waals surface area (Å²) in [7, 11) is 0. The van der Waals surface area contributed by atoms with E-state index in [0.29, 0.717) is 0 Å². The number of H-pyrrole nitrogens is 1. The Balaban J connectivity index is 1.23. The number of ether oxygens (including phenoxy) is 2. The lowest BCUT2D eigenvalue weighted by Crippen LogP contribution is -2.42. The van der Waals surface area contributed by atoms with Crippen LogP contribution in [0.25, 0.3) is 22.3 Å². The lowest BCUT2D eigenvalue weighted by molar-refractivity contribution is -0.0573. The summed E-state index contributed by atoms with van der Waals surface area (Å²) in [5.41, 5.74) is 17.6. The van der Waals surface area contributed by atoms with Crippen molar-refractivity contribution >= 4 is 72.2 Å². The maximum Gasteiger partial charge on any atom is 0.386 e. The second-order valence-corrected chi connectivity index (χ2v) is 15.9. The van der Waals surface area contributed by atoms with Crippen molar-refractivity contribution < 1.29 is 41.1 Å². The Morgan fingerprint density at radius 2 is 1.49 bits per heavy atom. The number of alkyl halides is 1. The molecule has 242 valence electrons. The van der Waals surface area contributed by atoms with E-state index in [2.05, 4.69) is 54.4 Å². The number of anilines is 2. The highest BCUT2D eigenvalue weighted by atomic mass is 32.7. The Morgan fingerprint density at radius 3 is 2.22 bits per heavy atom. The largest absolute Gasteiger partial charge is 0.386 e. The quantitative estimate of drug-likeness (QED) is 0.122. The molecule has 0 amide bonds. The first kappa shape index (κ1) is 30.9. The molecule has 0 aromatic carbocycles. The summed E-state index contributed by atoms with van der Waals surface area (Å²) in [6.07, 6.45) is -6.45. The molecule has 0 saturated carbocycles. The molecule has 7 N–H and O–H groups in total. The molecule has 3 fully saturated rings. The van der Waals surface area contributed by atoms with E-state index in [4.69, 9.17) is 44.8 Å². The SMILES string of the molecule is Nc1nc2c(ncn2[C@@H]2O[C@@H]3COP(=O)(S)O[C@@H]4[C@H](N)[C@@H](CO[P@@](=O)(S)O[C@@H]2[C@@H]3F)O[C@H]4n2cnc3c(N)ncnc32)c(=O)[nH]1. The summed E-state index contributed by atoms with van der Waals surface area (Å²) in [6.45, 7) is -9.90. The number of fused-ring (bicyclic) bond motifs is 6. The van der Waals surface area contributed by atoms with Crippen LogP contribution < -0.4 is 22.8 Å². The number of aromatic amines is 1. The second kappa shape index (κ2) is 11.2. The maximum absolute atomic E-state index is 15.9. The van der Waals surface area contributed by atoms with Crippen molar-refractivity contribution in [2.24, 2.45) is 5.73 Å².